The Morgan fingerprint density at radius 1 is 0.510 bits per heavy atom. The molecule has 0 bridgehead atoms. The zero-order valence-electron chi connectivity index (χ0n) is 27.8. The van der Waals surface area contributed by atoms with Crippen LogP contribution in [0, 0.1) is 19.1 Å². The van der Waals surface area contributed by atoms with Crippen LogP contribution in [0.15, 0.2) is 170 Å². The summed E-state index contributed by atoms with van der Waals surface area (Å²) in [6, 6.07) is 61.5. The first kappa shape index (κ1) is 32.3. The molecule has 4 heterocycles. The van der Waals surface area contributed by atoms with Gasteiger partial charge in [0.15, 0.2) is 0 Å². The van der Waals surface area contributed by atoms with E-state index in [9.17, 15) is 0 Å². The van der Waals surface area contributed by atoms with Crippen molar-refractivity contribution in [3.05, 3.63) is 188 Å². The number of para-hydroxylation sites is 1. The molecule has 1 radical (unpaired) electrons. The summed E-state index contributed by atoms with van der Waals surface area (Å²) < 4.78 is 2.40. The monoisotopic (exact) mass is 830 g/mol. The summed E-state index contributed by atoms with van der Waals surface area (Å²) in [5.74, 6) is 0. The average Bonchev–Trinajstić information content (AvgIpc) is 3.71. The molecule has 3 nitrogen and oxygen atoms in total. The van der Waals surface area contributed by atoms with Gasteiger partial charge < -0.3 is 14.4 Å². The second-order valence-electron chi connectivity index (χ2n) is 12.5. The summed E-state index contributed by atoms with van der Waals surface area (Å²) in [4.78, 5) is 9.07. The van der Waals surface area contributed by atoms with Gasteiger partial charge in [0.2, 0.25) is 0 Å². The zero-order valence-corrected chi connectivity index (χ0v) is 30.2. The Balaban J connectivity index is 0.000000245. The summed E-state index contributed by atoms with van der Waals surface area (Å²) in [7, 11) is 0. The minimum atomic E-state index is 0. The van der Waals surface area contributed by atoms with Gasteiger partial charge in [0.05, 0.1) is 5.52 Å². The maximum atomic E-state index is 4.85. The second-order valence-corrected chi connectivity index (χ2v) is 12.5. The van der Waals surface area contributed by atoms with Crippen molar-refractivity contribution in [2.45, 2.75) is 6.92 Å². The van der Waals surface area contributed by atoms with Gasteiger partial charge in [-0.2, -0.15) is 0 Å². The number of fused-ring (bicyclic) bond motifs is 6. The zero-order chi connectivity index (χ0) is 33.4. The Morgan fingerprint density at radius 3 is 2.02 bits per heavy atom. The molecule has 6 aromatic carbocycles. The number of rotatable bonds is 4. The van der Waals surface area contributed by atoms with E-state index in [-0.39, 0.29) is 20.1 Å². The normalized spacial score (nSPS) is 11.1. The largest absolute Gasteiger partial charge is 0.350 e. The van der Waals surface area contributed by atoms with Crippen LogP contribution >= 0.6 is 0 Å². The Labute approximate surface area is 310 Å². The van der Waals surface area contributed by atoms with Crippen LogP contribution in [-0.2, 0) is 20.1 Å². The maximum Gasteiger partial charge on any atom is 0.0517 e. The predicted molar refractivity (Wildman–Crippen MR) is 207 cm³/mol. The number of hydrogen-bond acceptors (Lipinski definition) is 2. The van der Waals surface area contributed by atoms with Crippen LogP contribution in [0.2, 0.25) is 0 Å². The van der Waals surface area contributed by atoms with Gasteiger partial charge in [-0.1, -0.05) is 102 Å². The van der Waals surface area contributed by atoms with Gasteiger partial charge in [0.25, 0.3) is 0 Å². The first-order valence-electron chi connectivity index (χ1n) is 16.8. The molecule has 0 unspecified atom stereocenters. The summed E-state index contributed by atoms with van der Waals surface area (Å²) >= 11 is 0. The van der Waals surface area contributed by atoms with Gasteiger partial charge >= 0.3 is 0 Å². The standard InChI is InChI=1S/C36H23N2.C11H8N.Ir/c1-23-9-5-6-12-28(23)26-15-17-33(37-22-26)25-16-18-35-30(19-25)32-21-27(24-10-3-2-4-11-24)20-31-29-13-7-8-14-34(29)38(35)36(31)32;1-2-6-10(7-3-1)11-8-4-5-9-12-11;/h2-15,17-22H,1H3;1-6,8-9H;/q2*-1;. The van der Waals surface area contributed by atoms with E-state index in [1.165, 1.54) is 60.3 Å². The van der Waals surface area contributed by atoms with Crippen molar-refractivity contribution >= 4 is 38.1 Å². The van der Waals surface area contributed by atoms with E-state index in [4.69, 9.17) is 4.98 Å². The molecule has 0 spiro atoms. The second kappa shape index (κ2) is 13.8. The van der Waals surface area contributed by atoms with E-state index < -0.39 is 0 Å². The van der Waals surface area contributed by atoms with E-state index in [1.807, 2.05) is 48.7 Å². The first-order chi connectivity index (χ1) is 24.7. The number of benzene rings is 6. The van der Waals surface area contributed by atoms with Crippen LogP contribution < -0.4 is 0 Å². The molecule has 0 saturated heterocycles. The van der Waals surface area contributed by atoms with Crippen LogP contribution in [0.3, 0.4) is 0 Å². The van der Waals surface area contributed by atoms with Crippen LogP contribution in [0.5, 0.6) is 0 Å². The van der Waals surface area contributed by atoms with E-state index >= 15 is 0 Å². The van der Waals surface area contributed by atoms with Gasteiger partial charge in [-0.3, -0.25) is 0 Å². The number of aromatic nitrogens is 3. The van der Waals surface area contributed by atoms with Crippen LogP contribution in [0.1, 0.15) is 5.56 Å². The van der Waals surface area contributed by atoms with E-state index in [1.54, 1.807) is 6.20 Å². The van der Waals surface area contributed by atoms with Crippen LogP contribution in [-0.4, -0.2) is 14.4 Å². The van der Waals surface area contributed by atoms with Gasteiger partial charge in [0, 0.05) is 48.8 Å². The van der Waals surface area contributed by atoms with E-state index in [0.29, 0.717) is 0 Å². The number of pyridine rings is 2. The minimum absolute atomic E-state index is 0. The van der Waals surface area contributed by atoms with Crippen LogP contribution in [0.4, 0.5) is 0 Å². The predicted octanol–water partition coefficient (Wildman–Crippen LogP) is 11.9. The molecule has 0 aliphatic carbocycles. The smallest absolute Gasteiger partial charge is 0.0517 e. The van der Waals surface area contributed by atoms with E-state index in [0.717, 1.165) is 28.1 Å². The molecule has 0 saturated carbocycles. The molecule has 10 aromatic rings. The van der Waals surface area contributed by atoms with Gasteiger partial charge in [-0.05, 0) is 81.3 Å². The first-order valence-corrected chi connectivity index (χ1v) is 16.8. The van der Waals surface area contributed by atoms with Crippen molar-refractivity contribution < 1.29 is 20.1 Å². The van der Waals surface area contributed by atoms with Crippen molar-refractivity contribution in [2.24, 2.45) is 0 Å². The fraction of sp³-hybridized carbons (Fsp3) is 0.0213. The Morgan fingerprint density at radius 2 is 1.25 bits per heavy atom. The van der Waals surface area contributed by atoms with Crippen LogP contribution in [0.25, 0.3) is 82.9 Å². The van der Waals surface area contributed by atoms with Crippen molar-refractivity contribution in [1.82, 2.24) is 14.4 Å². The minimum Gasteiger partial charge on any atom is -0.350 e. The summed E-state index contributed by atoms with van der Waals surface area (Å²) in [5.41, 5.74) is 13.7. The molecule has 245 valence electrons. The molecule has 51 heavy (non-hydrogen) atoms. The molecular formula is C47H31IrN3-2. The van der Waals surface area contributed by atoms with Gasteiger partial charge in [-0.15, -0.1) is 59.7 Å². The average molecular weight is 830 g/mol. The molecular weight excluding hydrogens is 799 g/mol. The number of nitrogens with zero attached hydrogens (tertiary/aromatic N) is 3. The topological polar surface area (TPSA) is 30.2 Å². The Hall–Kier alpha value is -5.93. The fourth-order valence-electron chi connectivity index (χ4n) is 7.07. The Bertz CT molecular complexity index is 2700. The quantitative estimate of drug-likeness (QED) is 0.165. The molecule has 0 aliphatic rings. The molecule has 0 N–H and O–H groups in total. The molecule has 4 heteroatoms. The third-order valence-electron chi connectivity index (χ3n) is 9.48. The third-order valence-corrected chi connectivity index (χ3v) is 9.48. The van der Waals surface area contributed by atoms with Crippen molar-refractivity contribution in [3.63, 3.8) is 0 Å². The fourth-order valence-corrected chi connectivity index (χ4v) is 7.07. The van der Waals surface area contributed by atoms with Gasteiger partial charge in [0.1, 0.15) is 0 Å². The molecule has 0 amide bonds. The molecule has 10 rings (SSSR count). The number of hydrogen-bond donors (Lipinski definition) is 0. The molecule has 0 atom stereocenters. The SMILES string of the molecule is Cc1ccccc1-c1ccc(-c2[c-]cc3c(c2)c2cc(-c4ccccc4)cc4c5ccccc5n3c24)nc1.[Ir].[c-]1ccccc1-c1ccccn1. The summed E-state index contributed by atoms with van der Waals surface area (Å²) in [6.07, 6.45) is 3.76. The van der Waals surface area contributed by atoms with E-state index in [2.05, 4.69) is 144 Å². The number of aryl methyl sites for hydroxylation is 1. The van der Waals surface area contributed by atoms with Crippen molar-refractivity contribution in [1.29, 1.82) is 0 Å². The Kier molecular flexibility index (Phi) is 8.71. The van der Waals surface area contributed by atoms with Gasteiger partial charge in [-0.25, -0.2) is 0 Å². The molecule has 4 aromatic heterocycles. The van der Waals surface area contributed by atoms with Crippen molar-refractivity contribution in [3.8, 4) is 44.8 Å². The molecule has 0 aliphatic heterocycles. The summed E-state index contributed by atoms with van der Waals surface area (Å²) in [5, 5.41) is 5.06. The summed E-state index contributed by atoms with van der Waals surface area (Å²) in [6.45, 7) is 2.14. The third kappa shape index (κ3) is 5.89. The van der Waals surface area contributed by atoms with Crippen molar-refractivity contribution in [2.75, 3.05) is 0 Å². The molecule has 0 fully saturated rings. The maximum absolute atomic E-state index is 4.85.